The summed E-state index contributed by atoms with van der Waals surface area (Å²) in [5.41, 5.74) is 0.298. The normalized spacial score (nSPS) is 11.6. The lowest BCUT2D eigenvalue weighted by Crippen LogP contribution is -2.18. The topological polar surface area (TPSA) is 22.1 Å². The van der Waals surface area contributed by atoms with Gasteiger partial charge >= 0.3 is 6.36 Å². The summed E-state index contributed by atoms with van der Waals surface area (Å²) in [5, 5.41) is -0.116. The molecule has 0 unspecified atom stereocenters. The maximum Gasteiger partial charge on any atom is 0.573 e. The van der Waals surface area contributed by atoms with E-state index in [2.05, 4.69) is 9.72 Å². The molecule has 7 heteroatoms. The first-order chi connectivity index (χ1) is 6.31. The predicted octanol–water partition coefficient (Wildman–Crippen LogP) is 3.55. The summed E-state index contributed by atoms with van der Waals surface area (Å²) in [7, 11) is 0. The average molecular weight is 337 g/mol. The van der Waals surface area contributed by atoms with Gasteiger partial charge in [0, 0.05) is 6.20 Å². The van der Waals surface area contributed by atoms with E-state index in [4.69, 9.17) is 11.6 Å². The van der Waals surface area contributed by atoms with Gasteiger partial charge in [-0.05, 0) is 29.5 Å². The predicted molar refractivity (Wildman–Crippen MR) is 53.4 cm³/mol. The molecule has 0 spiro atoms. The second-order valence-corrected chi connectivity index (χ2v) is 3.92. The molecule has 1 aromatic rings. The molecule has 0 aliphatic rings. The van der Waals surface area contributed by atoms with E-state index in [0.29, 0.717) is 5.69 Å². The van der Waals surface area contributed by atoms with E-state index in [1.54, 1.807) is 22.6 Å². The van der Waals surface area contributed by atoms with Crippen LogP contribution >= 0.6 is 34.2 Å². The molecule has 0 aliphatic carbocycles. The number of hydrogen-bond acceptors (Lipinski definition) is 2. The Morgan fingerprint density at radius 2 is 2.07 bits per heavy atom. The van der Waals surface area contributed by atoms with E-state index in [-0.39, 0.29) is 8.59 Å². The van der Waals surface area contributed by atoms with Gasteiger partial charge in [0.05, 0.1) is 9.26 Å². The summed E-state index contributed by atoms with van der Waals surface area (Å²) >= 11 is 7.28. The highest BCUT2D eigenvalue weighted by molar-refractivity contribution is 14.1. The van der Waals surface area contributed by atoms with Crippen molar-refractivity contribution in [2.75, 3.05) is 0 Å². The van der Waals surface area contributed by atoms with Crippen LogP contribution in [0.5, 0.6) is 5.75 Å². The van der Waals surface area contributed by atoms with Gasteiger partial charge in [-0.2, -0.15) is 0 Å². The Morgan fingerprint density at radius 3 is 2.57 bits per heavy atom. The molecule has 0 bridgehead atoms. The first kappa shape index (κ1) is 11.8. The number of nitrogens with zero attached hydrogens (tertiary/aromatic N) is 1. The van der Waals surface area contributed by atoms with Crippen LogP contribution in [0.4, 0.5) is 13.2 Å². The highest BCUT2D eigenvalue weighted by atomic mass is 127. The second-order valence-electron chi connectivity index (χ2n) is 2.38. The van der Waals surface area contributed by atoms with E-state index < -0.39 is 12.1 Å². The molecule has 0 aromatic carbocycles. The summed E-state index contributed by atoms with van der Waals surface area (Å²) in [4.78, 5) is 3.78. The van der Waals surface area contributed by atoms with E-state index in [1.807, 2.05) is 0 Å². The summed E-state index contributed by atoms with van der Waals surface area (Å²) < 4.78 is 39.8. The van der Waals surface area contributed by atoms with Gasteiger partial charge in [-0.15, -0.1) is 13.2 Å². The van der Waals surface area contributed by atoms with E-state index in [0.717, 1.165) is 0 Å². The Kier molecular flexibility index (Phi) is 3.46. The zero-order chi connectivity index (χ0) is 10.9. The van der Waals surface area contributed by atoms with Gasteiger partial charge in [-0.1, -0.05) is 11.6 Å². The Hall–Kier alpha value is -0.240. The molecule has 2 nitrogen and oxygen atoms in total. The van der Waals surface area contributed by atoms with Crippen LogP contribution in [0, 0.1) is 10.5 Å². The maximum atomic E-state index is 11.9. The van der Waals surface area contributed by atoms with Gasteiger partial charge in [0.2, 0.25) is 0 Å². The summed E-state index contributed by atoms with van der Waals surface area (Å²) in [6, 6.07) is 0. The zero-order valence-corrected chi connectivity index (χ0v) is 9.74. The number of ether oxygens (including phenoxy) is 1. The van der Waals surface area contributed by atoms with Crippen molar-refractivity contribution in [1.82, 2.24) is 4.98 Å². The van der Waals surface area contributed by atoms with Gasteiger partial charge < -0.3 is 4.74 Å². The standard InChI is InChI=1S/C7H4ClF3INO/c1-3-5(8)6(4(12)2-13-3)14-7(9,10)11/h2H,1H3. The molecular weight excluding hydrogens is 333 g/mol. The van der Waals surface area contributed by atoms with Crippen molar-refractivity contribution in [2.45, 2.75) is 13.3 Å². The maximum absolute atomic E-state index is 11.9. The first-order valence-electron chi connectivity index (χ1n) is 3.37. The molecule has 0 amide bonds. The third-order valence-corrected chi connectivity index (χ3v) is 2.54. The minimum atomic E-state index is -4.74. The molecule has 1 heterocycles. The fourth-order valence-corrected chi connectivity index (χ4v) is 1.61. The lowest BCUT2D eigenvalue weighted by atomic mass is 10.3. The second kappa shape index (κ2) is 4.09. The fraction of sp³-hybridized carbons (Fsp3) is 0.286. The molecule has 0 aliphatic heterocycles. The molecule has 0 saturated carbocycles. The van der Waals surface area contributed by atoms with Gasteiger partial charge in [0.15, 0.2) is 5.75 Å². The molecule has 1 rings (SSSR count). The van der Waals surface area contributed by atoms with Crippen molar-refractivity contribution in [3.05, 3.63) is 20.5 Å². The third kappa shape index (κ3) is 2.88. The highest BCUT2D eigenvalue weighted by Crippen LogP contribution is 2.35. The molecule has 78 valence electrons. The lowest BCUT2D eigenvalue weighted by molar-refractivity contribution is -0.274. The monoisotopic (exact) mass is 337 g/mol. The Balaban J connectivity index is 3.13. The number of alkyl halides is 3. The molecular formula is C7H4ClF3INO. The van der Waals surface area contributed by atoms with Crippen molar-refractivity contribution >= 4 is 34.2 Å². The molecule has 0 atom stereocenters. The van der Waals surface area contributed by atoms with Crippen LogP contribution in [-0.2, 0) is 0 Å². The molecule has 0 N–H and O–H groups in total. The summed E-state index contributed by atoms with van der Waals surface area (Å²) in [5.74, 6) is -0.396. The third-order valence-electron chi connectivity index (χ3n) is 1.32. The number of aryl methyl sites for hydroxylation is 1. The highest BCUT2D eigenvalue weighted by Gasteiger charge is 2.33. The largest absolute Gasteiger partial charge is 0.573 e. The molecule has 1 aromatic heterocycles. The Bertz CT molecular complexity index is 356. The smallest absolute Gasteiger partial charge is 0.403 e. The minimum absolute atomic E-state index is 0.116. The average Bonchev–Trinajstić information content (AvgIpc) is 2.04. The van der Waals surface area contributed by atoms with Crippen molar-refractivity contribution in [3.8, 4) is 5.75 Å². The van der Waals surface area contributed by atoms with Crippen LogP contribution in [-0.4, -0.2) is 11.3 Å². The van der Waals surface area contributed by atoms with Crippen LogP contribution in [0.25, 0.3) is 0 Å². The van der Waals surface area contributed by atoms with Crippen molar-refractivity contribution in [1.29, 1.82) is 0 Å². The Labute approximate surface area is 96.6 Å². The zero-order valence-electron chi connectivity index (χ0n) is 6.82. The van der Waals surface area contributed by atoms with Crippen LogP contribution in [0.2, 0.25) is 5.02 Å². The van der Waals surface area contributed by atoms with Crippen molar-refractivity contribution < 1.29 is 17.9 Å². The molecule has 0 fully saturated rings. The van der Waals surface area contributed by atoms with Gasteiger partial charge in [-0.3, -0.25) is 4.98 Å². The number of pyridine rings is 1. The quantitative estimate of drug-likeness (QED) is 0.731. The number of hydrogen-bond donors (Lipinski definition) is 0. The number of aromatic nitrogens is 1. The SMILES string of the molecule is Cc1ncc(I)c(OC(F)(F)F)c1Cl. The fourth-order valence-electron chi connectivity index (χ4n) is 0.747. The lowest BCUT2D eigenvalue weighted by Gasteiger charge is -2.12. The van der Waals surface area contributed by atoms with Crippen LogP contribution in [0.15, 0.2) is 6.20 Å². The molecule has 0 saturated heterocycles. The number of halogens is 5. The van der Waals surface area contributed by atoms with Gasteiger partial charge in [0.25, 0.3) is 0 Å². The van der Waals surface area contributed by atoms with Crippen molar-refractivity contribution in [2.24, 2.45) is 0 Å². The van der Waals surface area contributed by atoms with E-state index >= 15 is 0 Å². The minimum Gasteiger partial charge on any atom is -0.403 e. The number of rotatable bonds is 1. The van der Waals surface area contributed by atoms with Gasteiger partial charge in [0.1, 0.15) is 5.02 Å². The van der Waals surface area contributed by atoms with Crippen LogP contribution < -0.4 is 4.74 Å². The van der Waals surface area contributed by atoms with Crippen LogP contribution in [0.3, 0.4) is 0 Å². The van der Waals surface area contributed by atoms with E-state index in [1.165, 1.54) is 13.1 Å². The summed E-state index contributed by atoms with van der Waals surface area (Å²) in [6.45, 7) is 1.50. The van der Waals surface area contributed by atoms with Crippen molar-refractivity contribution in [3.63, 3.8) is 0 Å². The molecule has 0 radical (unpaired) electrons. The summed E-state index contributed by atoms with van der Waals surface area (Å²) in [6.07, 6.45) is -3.47. The molecule has 14 heavy (non-hydrogen) atoms. The van der Waals surface area contributed by atoms with Gasteiger partial charge in [-0.25, -0.2) is 0 Å². The first-order valence-corrected chi connectivity index (χ1v) is 4.83. The van der Waals surface area contributed by atoms with E-state index in [9.17, 15) is 13.2 Å². The Morgan fingerprint density at radius 1 is 1.50 bits per heavy atom. The van der Waals surface area contributed by atoms with Crippen LogP contribution in [0.1, 0.15) is 5.69 Å².